The molecule has 1 aromatic carbocycles. The topological polar surface area (TPSA) is 28.2 Å². The van der Waals surface area contributed by atoms with Crippen molar-refractivity contribution in [3.05, 3.63) is 29.8 Å². The van der Waals surface area contributed by atoms with Gasteiger partial charge in [0.1, 0.15) is 5.75 Å². The summed E-state index contributed by atoms with van der Waals surface area (Å²) in [4.78, 5) is 7.36. The molecule has 3 heterocycles. The normalized spacial score (nSPS) is 27.2. The molecular weight excluding hydrogens is 347 g/mol. The molecular formula is C18H24F3N3O2. The van der Waals surface area contributed by atoms with Crippen molar-refractivity contribution in [2.24, 2.45) is 0 Å². The summed E-state index contributed by atoms with van der Waals surface area (Å²) in [6, 6.07) is 6.63. The number of likely N-dealkylation sites (N-methyl/N-ethyl adjacent to an activating group) is 1. The highest BCUT2D eigenvalue weighted by Gasteiger charge is 2.53. The van der Waals surface area contributed by atoms with E-state index in [0.29, 0.717) is 6.04 Å². The largest absolute Gasteiger partial charge is 0.573 e. The van der Waals surface area contributed by atoms with Gasteiger partial charge in [0.2, 0.25) is 0 Å². The second-order valence-corrected chi connectivity index (χ2v) is 7.68. The van der Waals surface area contributed by atoms with Crippen LogP contribution in [0, 0.1) is 0 Å². The second kappa shape index (κ2) is 6.67. The van der Waals surface area contributed by atoms with Gasteiger partial charge in [0.25, 0.3) is 0 Å². The lowest BCUT2D eigenvalue weighted by atomic mass is 9.82. The summed E-state index contributed by atoms with van der Waals surface area (Å²) in [6.45, 7) is 7.38. The molecule has 3 aliphatic rings. The Labute approximate surface area is 151 Å². The van der Waals surface area contributed by atoms with Crippen LogP contribution in [0.2, 0.25) is 0 Å². The molecule has 1 atom stereocenters. The SMILES string of the molecule is CN1CC2COCCN2C2(C1)CN(Cc1ccc(OC(F)(F)F)cc1)C2. The number of likely N-dealkylation sites (tertiary alicyclic amines) is 1. The van der Waals surface area contributed by atoms with E-state index in [4.69, 9.17) is 4.74 Å². The molecule has 0 aliphatic carbocycles. The van der Waals surface area contributed by atoms with Crippen LogP contribution in [0.3, 0.4) is 0 Å². The second-order valence-electron chi connectivity index (χ2n) is 7.68. The van der Waals surface area contributed by atoms with Crippen LogP contribution in [0.1, 0.15) is 5.56 Å². The number of hydrogen-bond acceptors (Lipinski definition) is 5. The fourth-order valence-electron chi connectivity index (χ4n) is 4.68. The van der Waals surface area contributed by atoms with Crippen molar-refractivity contribution in [2.45, 2.75) is 24.5 Å². The minimum Gasteiger partial charge on any atom is -0.406 e. The molecule has 0 amide bonds. The number of morpholine rings is 1. The van der Waals surface area contributed by atoms with E-state index >= 15 is 0 Å². The number of fused-ring (bicyclic) bond motifs is 2. The fraction of sp³-hybridized carbons (Fsp3) is 0.667. The van der Waals surface area contributed by atoms with Crippen LogP contribution in [0.25, 0.3) is 0 Å². The minimum atomic E-state index is -4.65. The van der Waals surface area contributed by atoms with Gasteiger partial charge in [-0.2, -0.15) is 0 Å². The first kappa shape index (κ1) is 18.0. The maximum absolute atomic E-state index is 12.2. The predicted octanol–water partition coefficient (Wildman–Crippen LogP) is 1.79. The van der Waals surface area contributed by atoms with Gasteiger partial charge in [0.15, 0.2) is 0 Å². The Morgan fingerprint density at radius 3 is 2.62 bits per heavy atom. The number of alkyl halides is 3. The van der Waals surface area contributed by atoms with Crippen molar-refractivity contribution >= 4 is 0 Å². The lowest BCUT2D eigenvalue weighted by Crippen LogP contribution is -2.80. The Morgan fingerprint density at radius 1 is 1.19 bits per heavy atom. The number of nitrogens with zero attached hydrogens (tertiary/aromatic N) is 3. The van der Waals surface area contributed by atoms with Gasteiger partial charge in [-0.1, -0.05) is 12.1 Å². The summed E-state index contributed by atoms with van der Waals surface area (Å²) in [5.74, 6) is -0.175. The third kappa shape index (κ3) is 3.69. The summed E-state index contributed by atoms with van der Waals surface area (Å²) in [5.41, 5.74) is 1.18. The fourth-order valence-corrected chi connectivity index (χ4v) is 4.68. The molecule has 0 radical (unpaired) electrons. The van der Waals surface area contributed by atoms with Gasteiger partial charge in [-0.15, -0.1) is 13.2 Å². The molecule has 8 heteroatoms. The number of piperazine rings is 1. The molecule has 3 fully saturated rings. The van der Waals surface area contributed by atoms with Gasteiger partial charge in [-0.3, -0.25) is 9.80 Å². The van der Waals surface area contributed by atoms with Crippen LogP contribution < -0.4 is 4.74 Å². The zero-order chi connectivity index (χ0) is 18.4. The zero-order valence-electron chi connectivity index (χ0n) is 14.8. The monoisotopic (exact) mass is 371 g/mol. The molecule has 0 aromatic heterocycles. The van der Waals surface area contributed by atoms with Gasteiger partial charge in [-0.25, -0.2) is 0 Å². The third-order valence-electron chi connectivity index (χ3n) is 5.52. The predicted molar refractivity (Wildman–Crippen MR) is 89.9 cm³/mol. The summed E-state index contributed by atoms with van der Waals surface area (Å²) < 4.78 is 46.3. The van der Waals surface area contributed by atoms with E-state index in [1.165, 1.54) is 12.1 Å². The van der Waals surface area contributed by atoms with Crippen molar-refractivity contribution in [3.8, 4) is 5.75 Å². The first-order valence-electron chi connectivity index (χ1n) is 8.93. The van der Waals surface area contributed by atoms with Crippen LogP contribution in [0.4, 0.5) is 13.2 Å². The maximum Gasteiger partial charge on any atom is 0.573 e. The standard InChI is InChI=1S/C18H24F3N3O2/c1-22-9-15-10-25-7-6-24(15)17(11-22)12-23(13-17)8-14-2-4-16(5-3-14)26-18(19,20)21/h2-5,15H,6-13H2,1H3. The highest BCUT2D eigenvalue weighted by molar-refractivity contribution is 5.28. The van der Waals surface area contributed by atoms with E-state index in [2.05, 4.69) is 26.5 Å². The first-order chi connectivity index (χ1) is 12.3. The Morgan fingerprint density at radius 2 is 1.92 bits per heavy atom. The molecule has 3 saturated heterocycles. The molecule has 1 unspecified atom stereocenters. The lowest BCUT2D eigenvalue weighted by Gasteiger charge is -2.63. The molecule has 3 aliphatic heterocycles. The molecule has 26 heavy (non-hydrogen) atoms. The summed E-state index contributed by atoms with van der Waals surface area (Å²) in [5, 5.41) is 0. The van der Waals surface area contributed by atoms with E-state index in [0.717, 1.165) is 58.0 Å². The van der Waals surface area contributed by atoms with Crippen molar-refractivity contribution in [2.75, 3.05) is 53.0 Å². The number of rotatable bonds is 3. The van der Waals surface area contributed by atoms with Gasteiger partial charge < -0.3 is 14.4 Å². The van der Waals surface area contributed by atoms with Gasteiger partial charge in [0, 0.05) is 45.3 Å². The van der Waals surface area contributed by atoms with Crippen LogP contribution in [0.15, 0.2) is 24.3 Å². The van der Waals surface area contributed by atoms with E-state index < -0.39 is 6.36 Å². The number of benzene rings is 1. The highest BCUT2D eigenvalue weighted by atomic mass is 19.4. The molecule has 0 saturated carbocycles. The van der Waals surface area contributed by atoms with Crippen LogP contribution in [-0.4, -0.2) is 85.6 Å². The summed E-state index contributed by atoms with van der Waals surface area (Å²) in [6.07, 6.45) is -4.65. The van der Waals surface area contributed by atoms with E-state index in [9.17, 15) is 13.2 Å². The molecule has 1 spiro atoms. The van der Waals surface area contributed by atoms with Gasteiger partial charge in [0.05, 0.1) is 18.8 Å². The Bertz CT molecular complexity index is 632. The van der Waals surface area contributed by atoms with Gasteiger partial charge >= 0.3 is 6.36 Å². The molecule has 1 aromatic rings. The lowest BCUT2D eigenvalue weighted by molar-refractivity contribution is -0.274. The van der Waals surface area contributed by atoms with Crippen LogP contribution >= 0.6 is 0 Å². The summed E-state index contributed by atoms with van der Waals surface area (Å²) >= 11 is 0. The van der Waals surface area contributed by atoms with Crippen LogP contribution in [0.5, 0.6) is 5.75 Å². The Hall–Kier alpha value is -1.35. The first-order valence-corrected chi connectivity index (χ1v) is 8.93. The number of hydrogen-bond donors (Lipinski definition) is 0. The molecule has 0 bridgehead atoms. The molecule has 5 nitrogen and oxygen atoms in total. The van der Waals surface area contributed by atoms with Crippen molar-refractivity contribution in [3.63, 3.8) is 0 Å². The highest BCUT2D eigenvalue weighted by Crippen LogP contribution is 2.36. The quantitative estimate of drug-likeness (QED) is 0.808. The molecule has 144 valence electrons. The van der Waals surface area contributed by atoms with Crippen LogP contribution in [-0.2, 0) is 11.3 Å². The van der Waals surface area contributed by atoms with Crippen molar-refractivity contribution < 1.29 is 22.6 Å². The Balaban J connectivity index is 1.35. The Kier molecular flexibility index (Phi) is 4.63. The minimum absolute atomic E-state index is 0.175. The van der Waals surface area contributed by atoms with E-state index in [-0.39, 0.29) is 11.3 Å². The average Bonchev–Trinajstić information content (AvgIpc) is 2.53. The smallest absolute Gasteiger partial charge is 0.406 e. The average molecular weight is 371 g/mol. The summed E-state index contributed by atoms with van der Waals surface area (Å²) in [7, 11) is 2.16. The maximum atomic E-state index is 12.2. The van der Waals surface area contributed by atoms with E-state index in [1.807, 2.05) is 0 Å². The zero-order valence-corrected chi connectivity index (χ0v) is 14.8. The third-order valence-corrected chi connectivity index (χ3v) is 5.52. The molecule has 4 rings (SSSR count). The number of ether oxygens (including phenoxy) is 2. The van der Waals surface area contributed by atoms with Crippen molar-refractivity contribution in [1.29, 1.82) is 0 Å². The van der Waals surface area contributed by atoms with Gasteiger partial charge in [-0.05, 0) is 24.7 Å². The van der Waals surface area contributed by atoms with E-state index in [1.54, 1.807) is 12.1 Å². The van der Waals surface area contributed by atoms with Crippen molar-refractivity contribution in [1.82, 2.24) is 14.7 Å². The molecule has 0 N–H and O–H groups in total. The number of halogens is 3.